The van der Waals surface area contributed by atoms with Crippen molar-refractivity contribution in [2.45, 2.75) is 0 Å². The molecule has 0 aliphatic heterocycles. The number of aliphatic hydroxyl groups is 1. The summed E-state index contributed by atoms with van der Waals surface area (Å²) in [7, 11) is 0. The zero-order valence-corrected chi connectivity index (χ0v) is 9.25. The van der Waals surface area contributed by atoms with E-state index in [2.05, 4.69) is 4.98 Å². The number of aliphatic hydroxyl groups excluding tert-OH is 1. The van der Waals surface area contributed by atoms with Crippen LogP contribution in [0.4, 0.5) is 4.39 Å². The topological polar surface area (TPSA) is 33.1 Å². The van der Waals surface area contributed by atoms with Crippen molar-refractivity contribution in [3.8, 4) is 10.6 Å². The molecule has 0 radical (unpaired) electrons. The van der Waals surface area contributed by atoms with Gasteiger partial charge in [0.2, 0.25) is 0 Å². The molecule has 0 aliphatic rings. The molecule has 0 fully saturated rings. The molecule has 82 valence electrons. The first-order valence-corrected chi connectivity index (χ1v) is 5.59. The molecule has 0 saturated heterocycles. The van der Waals surface area contributed by atoms with Gasteiger partial charge in [-0.25, -0.2) is 4.39 Å². The summed E-state index contributed by atoms with van der Waals surface area (Å²) in [6.45, 7) is -0.559. The lowest BCUT2D eigenvalue weighted by Gasteiger charge is -1.93. The number of aromatic nitrogens is 1. The van der Waals surface area contributed by atoms with Crippen molar-refractivity contribution < 1.29 is 9.50 Å². The van der Waals surface area contributed by atoms with Crippen LogP contribution in [-0.2, 0) is 0 Å². The monoisotopic (exact) mass is 235 g/mol. The van der Waals surface area contributed by atoms with Gasteiger partial charge in [-0.2, -0.15) is 0 Å². The molecule has 0 spiro atoms. The highest BCUT2D eigenvalue weighted by Gasteiger charge is 2.02. The Hall–Kier alpha value is -1.52. The molecule has 0 aliphatic carbocycles. The maximum Gasteiger partial charge on any atom is 0.127 e. The SMILES string of the molecule is OCC(F)=Cc1ccc(-c2ccccn2)s1. The van der Waals surface area contributed by atoms with E-state index in [4.69, 9.17) is 5.11 Å². The van der Waals surface area contributed by atoms with Crippen LogP contribution in [-0.4, -0.2) is 16.7 Å². The Kier molecular flexibility index (Phi) is 3.44. The average Bonchev–Trinajstić information content (AvgIpc) is 2.78. The van der Waals surface area contributed by atoms with Gasteiger partial charge in [0.1, 0.15) is 5.83 Å². The molecule has 16 heavy (non-hydrogen) atoms. The number of hydrogen-bond acceptors (Lipinski definition) is 3. The number of rotatable bonds is 3. The van der Waals surface area contributed by atoms with Crippen LogP contribution in [0, 0.1) is 0 Å². The zero-order chi connectivity index (χ0) is 11.4. The fourth-order valence-electron chi connectivity index (χ4n) is 1.28. The Bertz CT molecular complexity index is 493. The van der Waals surface area contributed by atoms with Crippen LogP contribution in [0.15, 0.2) is 42.4 Å². The minimum Gasteiger partial charge on any atom is -0.389 e. The Labute approximate surface area is 96.7 Å². The number of nitrogens with zero attached hydrogens (tertiary/aromatic N) is 1. The van der Waals surface area contributed by atoms with E-state index in [0.717, 1.165) is 15.4 Å². The van der Waals surface area contributed by atoms with Crippen molar-refractivity contribution in [2.24, 2.45) is 0 Å². The second-order valence-corrected chi connectivity index (χ2v) is 4.28. The van der Waals surface area contributed by atoms with E-state index < -0.39 is 12.4 Å². The Morgan fingerprint density at radius 1 is 1.38 bits per heavy atom. The smallest absolute Gasteiger partial charge is 0.127 e. The molecule has 4 heteroatoms. The number of thiophene rings is 1. The Morgan fingerprint density at radius 3 is 2.94 bits per heavy atom. The fourth-order valence-corrected chi connectivity index (χ4v) is 2.21. The van der Waals surface area contributed by atoms with Gasteiger partial charge in [0.25, 0.3) is 0 Å². The number of pyridine rings is 1. The van der Waals surface area contributed by atoms with Crippen molar-refractivity contribution in [3.05, 3.63) is 47.2 Å². The summed E-state index contributed by atoms with van der Waals surface area (Å²) < 4.78 is 12.8. The van der Waals surface area contributed by atoms with Crippen molar-refractivity contribution >= 4 is 17.4 Å². The normalized spacial score (nSPS) is 11.8. The Morgan fingerprint density at radius 2 is 2.25 bits per heavy atom. The molecule has 2 aromatic rings. The first-order chi connectivity index (χ1) is 7.79. The molecule has 0 bridgehead atoms. The minimum atomic E-state index is -0.559. The van der Waals surface area contributed by atoms with Crippen molar-refractivity contribution in [3.63, 3.8) is 0 Å². The standard InChI is InChI=1S/C12H10FNOS/c13-9(8-15)7-10-4-5-12(16-10)11-3-1-2-6-14-11/h1-7,15H,8H2. The highest BCUT2D eigenvalue weighted by Crippen LogP contribution is 2.27. The van der Waals surface area contributed by atoms with Gasteiger partial charge >= 0.3 is 0 Å². The summed E-state index contributed by atoms with van der Waals surface area (Å²) >= 11 is 1.44. The number of hydrogen-bond donors (Lipinski definition) is 1. The van der Waals surface area contributed by atoms with Gasteiger partial charge in [-0.1, -0.05) is 6.07 Å². The van der Waals surface area contributed by atoms with E-state index in [1.54, 1.807) is 6.20 Å². The van der Waals surface area contributed by atoms with Gasteiger partial charge in [0.05, 0.1) is 17.2 Å². The van der Waals surface area contributed by atoms with Crippen LogP contribution in [0.2, 0.25) is 0 Å². The van der Waals surface area contributed by atoms with Crippen LogP contribution in [0.3, 0.4) is 0 Å². The van der Waals surface area contributed by atoms with E-state index >= 15 is 0 Å². The van der Waals surface area contributed by atoms with E-state index in [1.165, 1.54) is 17.4 Å². The third-order valence-electron chi connectivity index (χ3n) is 1.99. The first-order valence-electron chi connectivity index (χ1n) is 4.78. The highest BCUT2D eigenvalue weighted by atomic mass is 32.1. The first kappa shape index (κ1) is 11.0. The lowest BCUT2D eigenvalue weighted by atomic mass is 10.3. The average molecular weight is 235 g/mol. The van der Waals surface area contributed by atoms with E-state index in [1.807, 2.05) is 30.3 Å². The molecule has 0 saturated carbocycles. The Balaban J connectivity index is 2.27. The van der Waals surface area contributed by atoms with Crippen molar-refractivity contribution in [1.82, 2.24) is 4.98 Å². The maximum absolute atomic E-state index is 12.8. The van der Waals surface area contributed by atoms with Gasteiger partial charge in [0, 0.05) is 11.1 Å². The minimum absolute atomic E-state index is 0.533. The molecular formula is C12H10FNOS. The highest BCUT2D eigenvalue weighted by molar-refractivity contribution is 7.16. The van der Waals surface area contributed by atoms with Gasteiger partial charge in [0.15, 0.2) is 0 Å². The van der Waals surface area contributed by atoms with Gasteiger partial charge < -0.3 is 5.11 Å². The molecule has 2 aromatic heterocycles. The van der Waals surface area contributed by atoms with Crippen molar-refractivity contribution in [2.75, 3.05) is 6.61 Å². The molecule has 0 aromatic carbocycles. The zero-order valence-electron chi connectivity index (χ0n) is 8.43. The second kappa shape index (κ2) is 5.01. The summed E-state index contributed by atoms with van der Waals surface area (Å²) in [6, 6.07) is 9.37. The number of halogens is 1. The lowest BCUT2D eigenvalue weighted by molar-refractivity contribution is 0.300. The second-order valence-electron chi connectivity index (χ2n) is 3.17. The molecular weight excluding hydrogens is 225 g/mol. The maximum atomic E-state index is 12.8. The van der Waals surface area contributed by atoms with Crippen molar-refractivity contribution in [1.29, 1.82) is 0 Å². The molecule has 0 amide bonds. The summed E-state index contributed by atoms with van der Waals surface area (Å²) in [5.74, 6) is -0.533. The van der Waals surface area contributed by atoms with Gasteiger partial charge in [-0.15, -0.1) is 11.3 Å². The van der Waals surface area contributed by atoms with Crippen LogP contribution >= 0.6 is 11.3 Å². The van der Waals surface area contributed by atoms with E-state index in [9.17, 15) is 4.39 Å². The predicted octanol–water partition coefficient (Wildman–Crippen LogP) is 3.11. The lowest BCUT2D eigenvalue weighted by Crippen LogP contribution is -1.79. The van der Waals surface area contributed by atoms with Gasteiger partial charge in [-0.3, -0.25) is 4.98 Å². The fraction of sp³-hybridized carbons (Fsp3) is 0.0833. The van der Waals surface area contributed by atoms with Crippen LogP contribution < -0.4 is 0 Å². The molecule has 0 unspecified atom stereocenters. The van der Waals surface area contributed by atoms with Crippen LogP contribution in [0.25, 0.3) is 16.6 Å². The quantitative estimate of drug-likeness (QED) is 0.886. The molecule has 2 rings (SSSR count). The predicted molar refractivity (Wildman–Crippen MR) is 63.7 cm³/mol. The summed E-state index contributed by atoms with van der Waals surface area (Å²) in [5, 5.41) is 8.57. The van der Waals surface area contributed by atoms with E-state index in [-0.39, 0.29) is 0 Å². The third kappa shape index (κ3) is 2.53. The third-order valence-corrected chi connectivity index (χ3v) is 3.05. The van der Waals surface area contributed by atoms with Crippen LogP contribution in [0.1, 0.15) is 4.88 Å². The van der Waals surface area contributed by atoms with Gasteiger partial charge in [-0.05, 0) is 30.3 Å². The van der Waals surface area contributed by atoms with Crippen LogP contribution in [0.5, 0.6) is 0 Å². The molecule has 0 atom stereocenters. The molecule has 2 nitrogen and oxygen atoms in total. The molecule has 1 N–H and O–H groups in total. The largest absolute Gasteiger partial charge is 0.389 e. The molecule has 2 heterocycles. The van der Waals surface area contributed by atoms with E-state index in [0.29, 0.717) is 0 Å². The summed E-state index contributed by atoms with van der Waals surface area (Å²) in [5.41, 5.74) is 0.872. The summed E-state index contributed by atoms with van der Waals surface area (Å²) in [4.78, 5) is 5.96. The summed E-state index contributed by atoms with van der Waals surface area (Å²) in [6.07, 6.45) is 3.05.